The average molecular weight is 198 g/mol. The van der Waals surface area contributed by atoms with Crippen LogP contribution in [0.3, 0.4) is 0 Å². The molecule has 2 fully saturated rings. The van der Waals surface area contributed by atoms with Crippen molar-refractivity contribution in [2.75, 3.05) is 6.61 Å². The van der Waals surface area contributed by atoms with Crippen LogP contribution in [0, 0.1) is 0 Å². The Hall–Kier alpha value is -0.0551. The van der Waals surface area contributed by atoms with Gasteiger partial charge in [0.25, 0.3) is 0 Å². The molecule has 0 bridgehead atoms. The van der Waals surface area contributed by atoms with Crippen LogP contribution in [0.1, 0.15) is 40.5 Å². The SMILES string of the molecule is CC1(C)OB(C2CCCO2)OC1(C)C. The first-order chi connectivity index (χ1) is 6.42. The van der Waals surface area contributed by atoms with Crippen LogP contribution in [0.2, 0.25) is 0 Å². The molecular weight excluding hydrogens is 179 g/mol. The molecule has 2 aliphatic heterocycles. The maximum atomic E-state index is 5.90. The van der Waals surface area contributed by atoms with E-state index in [2.05, 4.69) is 27.7 Å². The van der Waals surface area contributed by atoms with Crippen molar-refractivity contribution in [3.8, 4) is 0 Å². The lowest BCUT2D eigenvalue weighted by molar-refractivity contribution is 0.00578. The molecule has 0 aliphatic carbocycles. The van der Waals surface area contributed by atoms with Crippen LogP contribution < -0.4 is 0 Å². The van der Waals surface area contributed by atoms with Crippen LogP contribution in [0.4, 0.5) is 0 Å². The Morgan fingerprint density at radius 2 is 1.64 bits per heavy atom. The summed E-state index contributed by atoms with van der Waals surface area (Å²) in [4.78, 5) is 0. The van der Waals surface area contributed by atoms with Gasteiger partial charge in [-0.3, -0.25) is 0 Å². The van der Waals surface area contributed by atoms with E-state index < -0.39 is 0 Å². The number of hydrogen-bond donors (Lipinski definition) is 0. The van der Waals surface area contributed by atoms with Gasteiger partial charge >= 0.3 is 7.12 Å². The zero-order chi connectivity index (χ0) is 10.4. The van der Waals surface area contributed by atoms with Crippen LogP contribution in [0.25, 0.3) is 0 Å². The van der Waals surface area contributed by atoms with Crippen molar-refractivity contribution in [3.05, 3.63) is 0 Å². The summed E-state index contributed by atoms with van der Waals surface area (Å²) in [7, 11) is -0.178. The predicted octanol–water partition coefficient (Wildman–Crippen LogP) is 1.80. The lowest BCUT2D eigenvalue weighted by Crippen LogP contribution is -2.41. The average Bonchev–Trinajstić information content (AvgIpc) is 2.58. The Morgan fingerprint density at radius 3 is 2.07 bits per heavy atom. The first-order valence-corrected chi connectivity index (χ1v) is 5.40. The highest BCUT2D eigenvalue weighted by molar-refractivity contribution is 6.47. The van der Waals surface area contributed by atoms with Gasteiger partial charge < -0.3 is 14.0 Å². The van der Waals surface area contributed by atoms with Crippen molar-refractivity contribution in [2.24, 2.45) is 0 Å². The van der Waals surface area contributed by atoms with Gasteiger partial charge in [-0.2, -0.15) is 0 Å². The molecular formula is C10H19BO3. The fourth-order valence-corrected chi connectivity index (χ4v) is 1.86. The summed E-state index contributed by atoms with van der Waals surface area (Å²) in [5.74, 6) is 0. The van der Waals surface area contributed by atoms with E-state index in [1.165, 1.54) is 0 Å². The quantitative estimate of drug-likeness (QED) is 0.601. The summed E-state index contributed by atoms with van der Waals surface area (Å²) < 4.78 is 17.4. The van der Waals surface area contributed by atoms with E-state index in [-0.39, 0.29) is 24.3 Å². The van der Waals surface area contributed by atoms with Crippen molar-refractivity contribution >= 4 is 7.12 Å². The molecule has 0 spiro atoms. The van der Waals surface area contributed by atoms with Crippen molar-refractivity contribution in [1.29, 1.82) is 0 Å². The smallest absolute Gasteiger partial charge is 0.402 e. The van der Waals surface area contributed by atoms with Gasteiger partial charge in [0, 0.05) is 6.61 Å². The Kier molecular flexibility index (Phi) is 2.41. The molecule has 0 amide bonds. The third-order valence-corrected chi connectivity index (χ3v) is 3.54. The lowest BCUT2D eigenvalue weighted by Gasteiger charge is -2.32. The summed E-state index contributed by atoms with van der Waals surface area (Å²) in [6.45, 7) is 9.13. The monoisotopic (exact) mass is 198 g/mol. The van der Waals surface area contributed by atoms with Crippen molar-refractivity contribution in [2.45, 2.75) is 57.7 Å². The fraction of sp³-hybridized carbons (Fsp3) is 1.00. The molecule has 2 saturated heterocycles. The van der Waals surface area contributed by atoms with Gasteiger partial charge in [-0.25, -0.2) is 0 Å². The summed E-state index contributed by atoms with van der Waals surface area (Å²) in [5.41, 5.74) is -0.465. The molecule has 80 valence electrons. The summed E-state index contributed by atoms with van der Waals surface area (Å²) >= 11 is 0. The van der Waals surface area contributed by atoms with Gasteiger partial charge in [-0.05, 0) is 40.5 Å². The molecule has 2 rings (SSSR count). The summed E-state index contributed by atoms with van der Waals surface area (Å²) in [6.07, 6.45) is 2.17. The standard InChI is InChI=1S/C10H19BO3/c1-9(2)10(3,4)14-11(13-9)8-6-5-7-12-8/h8H,5-7H2,1-4H3. The second kappa shape index (κ2) is 3.22. The number of ether oxygens (including phenoxy) is 1. The van der Waals surface area contributed by atoms with Gasteiger partial charge in [0.05, 0.1) is 17.2 Å². The molecule has 0 saturated carbocycles. The Morgan fingerprint density at radius 1 is 1.07 bits per heavy atom. The van der Waals surface area contributed by atoms with Crippen molar-refractivity contribution in [1.82, 2.24) is 0 Å². The van der Waals surface area contributed by atoms with Gasteiger partial charge in [-0.15, -0.1) is 0 Å². The third-order valence-electron chi connectivity index (χ3n) is 3.54. The van der Waals surface area contributed by atoms with E-state index in [9.17, 15) is 0 Å². The van der Waals surface area contributed by atoms with E-state index in [0.29, 0.717) is 0 Å². The van der Waals surface area contributed by atoms with Crippen LogP contribution in [0.15, 0.2) is 0 Å². The fourth-order valence-electron chi connectivity index (χ4n) is 1.86. The van der Waals surface area contributed by atoms with Gasteiger partial charge in [0.2, 0.25) is 0 Å². The highest BCUT2D eigenvalue weighted by Crippen LogP contribution is 2.39. The van der Waals surface area contributed by atoms with Gasteiger partial charge in [0.1, 0.15) is 0 Å². The van der Waals surface area contributed by atoms with Crippen molar-refractivity contribution in [3.63, 3.8) is 0 Å². The molecule has 14 heavy (non-hydrogen) atoms. The first-order valence-electron chi connectivity index (χ1n) is 5.40. The molecule has 3 nitrogen and oxygen atoms in total. The topological polar surface area (TPSA) is 27.7 Å². The number of rotatable bonds is 1. The molecule has 2 heterocycles. The highest BCUT2D eigenvalue weighted by atomic mass is 16.7. The first kappa shape index (κ1) is 10.5. The molecule has 1 atom stereocenters. The van der Waals surface area contributed by atoms with E-state index in [1.54, 1.807) is 0 Å². The molecule has 0 aromatic heterocycles. The second-order valence-electron chi connectivity index (χ2n) is 5.18. The Bertz CT molecular complexity index is 205. The number of hydrogen-bond acceptors (Lipinski definition) is 3. The zero-order valence-corrected chi connectivity index (χ0v) is 9.50. The molecule has 0 N–H and O–H groups in total. The molecule has 2 aliphatic rings. The maximum absolute atomic E-state index is 5.90. The predicted molar refractivity (Wildman–Crippen MR) is 55.1 cm³/mol. The van der Waals surface area contributed by atoms with E-state index in [1.807, 2.05) is 0 Å². The van der Waals surface area contributed by atoms with Crippen LogP contribution in [-0.2, 0) is 14.0 Å². The Balaban J connectivity index is 2.05. The molecule has 0 aromatic carbocycles. The molecule has 0 aromatic rings. The zero-order valence-electron chi connectivity index (χ0n) is 9.50. The Labute approximate surface area is 86.2 Å². The van der Waals surface area contributed by atoms with Gasteiger partial charge in [-0.1, -0.05) is 0 Å². The minimum absolute atomic E-state index is 0.135. The van der Waals surface area contributed by atoms with Crippen LogP contribution in [0.5, 0.6) is 0 Å². The second-order valence-corrected chi connectivity index (χ2v) is 5.18. The normalized spacial score (nSPS) is 35.1. The minimum Gasteiger partial charge on any atom is -0.402 e. The minimum atomic E-state index is -0.233. The summed E-state index contributed by atoms with van der Waals surface area (Å²) in [6, 6.07) is 0.135. The van der Waals surface area contributed by atoms with Crippen LogP contribution >= 0.6 is 0 Å². The van der Waals surface area contributed by atoms with Crippen molar-refractivity contribution < 1.29 is 14.0 Å². The van der Waals surface area contributed by atoms with E-state index in [0.717, 1.165) is 19.4 Å². The van der Waals surface area contributed by atoms with Gasteiger partial charge in [0.15, 0.2) is 0 Å². The largest absolute Gasteiger partial charge is 0.488 e. The molecule has 0 radical (unpaired) electrons. The molecule has 4 heteroatoms. The van der Waals surface area contributed by atoms with E-state index >= 15 is 0 Å². The third kappa shape index (κ3) is 1.60. The van der Waals surface area contributed by atoms with Crippen LogP contribution in [-0.4, -0.2) is 30.9 Å². The summed E-state index contributed by atoms with van der Waals surface area (Å²) in [5, 5.41) is 0. The highest BCUT2D eigenvalue weighted by Gasteiger charge is 2.54. The van der Waals surface area contributed by atoms with E-state index in [4.69, 9.17) is 14.0 Å². The molecule has 1 unspecified atom stereocenters. The lowest BCUT2D eigenvalue weighted by atomic mass is 9.79. The maximum Gasteiger partial charge on any atom is 0.488 e.